The van der Waals surface area contributed by atoms with Crippen molar-refractivity contribution in [3.63, 3.8) is 0 Å². The van der Waals surface area contributed by atoms with Gasteiger partial charge in [0.05, 0.1) is 10.5 Å². The molecule has 0 bridgehead atoms. The molecule has 2 aromatic rings. The molecule has 0 saturated heterocycles. The summed E-state index contributed by atoms with van der Waals surface area (Å²) in [5.41, 5.74) is 0.929. The summed E-state index contributed by atoms with van der Waals surface area (Å²) in [6, 6.07) is 11.5. The van der Waals surface area contributed by atoms with Crippen LogP contribution in [0.2, 0.25) is 0 Å². The molecule has 0 aliphatic rings. The van der Waals surface area contributed by atoms with Gasteiger partial charge in [-0.2, -0.15) is 0 Å². The molecule has 0 fully saturated rings. The van der Waals surface area contributed by atoms with Gasteiger partial charge in [0.1, 0.15) is 11.5 Å². The zero-order valence-electron chi connectivity index (χ0n) is 11.1. The summed E-state index contributed by atoms with van der Waals surface area (Å²) in [6.07, 6.45) is 0. The molecule has 0 spiro atoms. The minimum atomic E-state index is -0.577. The molecule has 0 atom stereocenters. The molecule has 0 aliphatic carbocycles. The SMILES string of the molecule is CC(=O)c1cc(Oc2ccc(C)cc2)ccc1[N+](=O)[O-]. The van der Waals surface area contributed by atoms with Crippen molar-refractivity contribution < 1.29 is 14.5 Å². The number of ether oxygens (including phenoxy) is 1. The molecule has 5 nitrogen and oxygen atoms in total. The van der Waals surface area contributed by atoms with Crippen LogP contribution in [0, 0.1) is 17.0 Å². The van der Waals surface area contributed by atoms with Gasteiger partial charge in [0.25, 0.3) is 5.69 Å². The second-order valence-electron chi connectivity index (χ2n) is 4.41. The predicted octanol–water partition coefficient (Wildman–Crippen LogP) is 3.90. The van der Waals surface area contributed by atoms with Crippen molar-refractivity contribution >= 4 is 11.5 Å². The Hall–Kier alpha value is -2.69. The Morgan fingerprint density at radius 2 is 1.70 bits per heavy atom. The molecule has 0 radical (unpaired) electrons. The van der Waals surface area contributed by atoms with E-state index >= 15 is 0 Å². The van der Waals surface area contributed by atoms with E-state index in [1.54, 1.807) is 12.1 Å². The zero-order chi connectivity index (χ0) is 14.7. The summed E-state index contributed by atoms with van der Waals surface area (Å²) in [4.78, 5) is 21.7. The quantitative estimate of drug-likeness (QED) is 0.480. The van der Waals surface area contributed by atoms with E-state index in [1.807, 2.05) is 19.1 Å². The van der Waals surface area contributed by atoms with Crippen LogP contribution in [-0.4, -0.2) is 10.7 Å². The maximum atomic E-state index is 11.5. The Balaban J connectivity index is 2.34. The number of carbonyl (C=O) groups is 1. The summed E-state index contributed by atoms with van der Waals surface area (Å²) < 4.78 is 5.58. The molecule has 102 valence electrons. The van der Waals surface area contributed by atoms with Gasteiger partial charge in [-0.05, 0) is 38.1 Å². The fraction of sp³-hybridized carbons (Fsp3) is 0.133. The van der Waals surface area contributed by atoms with E-state index in [9.17, 15) is 14.9 Å². The molecule has 2 rings (SSSR count). The Labute approximate surface area is 116 Å². The van der Waals surface area contributed by atoms with Gasteiger partial charge in [0.2, 0.25) is 0 Å². The topological polar surface area (TPSA) is 69.4 Å². The van der Waals surface area contributed by atoms with Crippen molar-refractivity contribution in [1.29, 1.82) is 0 Å². The highest BCUT2D eigenvalue weighted by Crippen LogP contribution is 2.28. The number of carbonyl (C=O) groups excluding carboxylic acids is 1. The van der Waals surface area contributed by atoms with Gasteiger partial charge in [-0.3, -0.25) is 14.9 Å². The number of ketones is 1. The van der Waals surface area contributed by atoms with E-state index in [2.05, 4.69) is 0 Å². The number of nitro groups is 1. The normalized spacial score (nSPS) is 10.1. The standard InChI is InChI=1S/C15H13NO4/c1-10-3-5-12(6-4-10)20-13-7-8-15(16(18)19)14(9-13)11(2)17/h3-9H,1-2H3. The van der Waals surface area contributed by atoms with Crippen molar-refractivity contribution in [1.82, 2.24) is 0 Å². The van der Waals surface area contributed by atoms with Crippen molar-refractivity contribution in [3.05, 3.63) is 63.7 Å². The first-order valence-corrected chi connectivity index (χ1v) is 6.01. The number of nitro benzene ring substituents is 1. The molecule has 0 aromatic heterocycles. The van der Waals surface area contributed by atoms with Crippen LogP contribution in [0.5, 0.6) is 11.5 Å². The highest BCUT2D eigenvalue weighted by molar-refractivity contribution is 5.98. The molecule has 0 amide bonds. The van der Waals surface area contributed by atoms with Gasteiger partial charge in [-0.25, -0.2) is 0 Å². The first-order chi connectivity index (χ1) is 9.47. The second-order valence-corrected chi connectivity index (χ2v) is 4.41. The Bertz CT molecular complexity index is 662. The predicted molar refractivity (Wildman–Crippen MR) is 74.4 cm³/mol. The average molecular weight is 271 g/mol. The van der Waals surface area contributed by atoms with Gasteiger partial charge in [0, 0.05) is 6.07 Å². The molecule has 0 aliphatic heterocycles. The fourth-order valence-electron chi connectivity index (χ4n) is 1.76. The maximum absolute atomic E-state index is 11.5. The summed E-state index contributed by atoms with van der Waals surface area (Å²) in [5, 5.41) is 10.8. The first kappa shape index (κ1) is 13.7. The molecule has 0 saturated carbocycles. The van der Waals surface area contributed by atoms with Crippen LogP contribution in [-0.2, 0) is 0 Å². The third kappa shape index (κ3) is 3.00. The van der Waals surface area contributed by atoms with E-state index in [1.165, 1.54) is 25.1 Å². The highest BCUT2D eigenvalue weighted by Gasteiger charge is 2.18. The van der Waals surface area contributed by atoms with Gasteiger partial charge < -0.3 is 4.74 Å². The highest BCUT2D eigenvalue weighted by atomic mass is 16.6. The summed E-state index contributed by atoms with van der Waals surface area (Å²) in [7, 11) is 0. The lowest BCUT2D eigenvalue weighted by molar-refractivity contribution is -0.385. The number of rotatable bonds is 4. The van der Waals surface area contributed by atoms with Crippen LogP contribution < -0.4 is 4.74 Å². The van der Waals surface area contributed by atoms with E-state index in [0.717, 1.165) is 5.56 Å². The number of aryl methyl sites for hydroxylation is 1. The molecular formula is C15H13NO4. The minimum absolute atomic E-state index is 0.0413. The van der Waals surface area contributed by atoms with E-state index in [-0.39, 0.29) is 17.0 Å². The van der Waals surface area contributed by atoms with Crippen molar-refractivity contribution in [3.8, 4) is 11.5 Å². The lowest BCUT2D eigenvalue weighted by Gasteiger charge is -2.07. The molecule has 2 aromatic carbocycles. The number of hydrogen-bond acceptors (Lipinski definition) is 4. The van der Waals surface area contributed by atoms with Crippen molar-refractivity contribution in [2.75, 3.05) is 0 Å². The second kappa shape index (κ2) is 5.52. The number of hydrogen-bond donors (Lipinski definition) is 0. The number of nitrogens with zero attached hydrogens (tertiary/aromatic N) is 1. The molecule has 0 N–H and O–H groups in total. The van der Waals surface area contributed by atoms with Crippen LogP contribution in [0.1, 0.15) is 22.8 Å². The third-order valence-corrected chi connectivity index (χ3v) is 2.80. The molecule has 0 heterocycles. The lowest BCUT2D eigenvalue weighted by Crippen LogP contribution is -2.00. The summed E-state index contributed by atoms with van der Waals surface area (Å²) >= 11 is 0. The van der Waals surface area contributed by atoms with Gasteiger partial charge in [-0.1, -0.05) is 17.7 Å². The number of benzene rings is 2. The van der Waals surface area contributed by atoms with Crippen molar-refractivity contribution in [2.24, 2.45) is 0 Å². The molecule has 20 heavy (non-hydrogen) atoms. The number of Topliss-reactive ketones (excluding diaryl/α,β-unsaturated/α-hetero) is 1. The average Bonchev–Trinajstić information content (AvgIpc) is 2.41. The fourth-order valence-corrected chi connectivity index (χ4v) is 1.76. The van der Waals surface area contributed by atoms with E-state index in [0.29, 0.717) is 11.5 Å². The first-order valence-electron chi connectivity index (χ1n) is 6.01. The van der Waals surface area contributed by atoms with Crippen LogP contribution >= 0.6 is 0 Å². The van der Waals surface area contributed by atoms with Gasteiger partial charge >= 0.3 is 0 Å². The zero-order valence-corrected chi connectivity index (χ0v) is 11.1. The van der Waals surface area contributed by atoms with E-state index < -0.39 is 4.92 Å². The van der Waals surface area contributed by atoms with E-state index in [4.69, 9.17) is 4.74 Å². The molecular weight excluding hydrogens is 258 g/mol. The summed E-state index contributed by atoms with van der Waals surface area (Å²) in [5.74, 6) is 0.634. The molecule has 0 unspecified atom stereocenters. The van der Waals surface area contributed by atoms with Crippen LogP contribution in [0.3, 0.4) is 0 Å². The van der Waals surface area contributed by atoms with Crippen LogP contribution in [0.25, 0.3) is 0 Å². The van der Waals surface area contributed by atoms with Crippen molar-refractivity contribution in [2.45, 2.75) is 13.8 Å². The molecule has 5 heteroatoms. The Morgan fingerprint density at radius 3 is 2.25 bits per heavy atom. The van der Waals surface area contributed by atoms with Gasteiger partial charge in [-0.15, -0.1) is 0 Å². The van der Waals surface area contributed by atoms with Crippen LogP contribution in [0.4, 0.5) is 5.69 Å². The maximum Gasteiger partial charge on any atom is 0.280 e. The largest absolute Gasteiger partial charge is 0.457 e. The smallest absolute Gasteiger partial charge is 0.280 e. The minimum Gasteiger partial charge on any atom is -0.457 e. The summed E-state index contributed by atoms with van der Waals surface area (Å²) in [6.45, 7) is 3.25. The lowest BCUT2D eigenvalue weighted by atomic mass is 10.1. The monoisotopic (exact) mass is 271 g/mol. The van der Waals surface area contributed by atoms with Gasteiger partial charge in [0.15, 0.2) is 5.78 Å². The Morgan fingerprint density at radius 1 is 1.10 bits per heavy atom. The Kier molecular flexibility index (Phi) is 3.79. The third-order valence-electron chi connectivity index (χ3n) is 2.80. The van der Waals surface area contributed by atoms with Crippen LogP contribution in [0.15, 0.2) is 42.5 Å².